The van der Waals surface area contributed by atoms with Gasteiger partial charge in [-0.1, -0.05) is 155 Å². The van der Waals surface area contributed by atoms with Crippen molar-refractivity contribution in [3.63, 3.8) is 0 Å². The maximum Gasteiger partial charge on any atom is 0.472 e. The highest BCUT2D eigenvalue weighted by Gasteiger charge is 2.25. The third-order valence-electron chi connectivity index (χ3n) is 7.77. The van der Waals surface area contributed by atoms with Crippen LogP contribution in [-0.2, 0) is 27.9 Å². The average molecular weight is 636 g/mol. The molecule has 43 heavy (non-hydrogen) atoms. The molecule has 0 spiro atoms. The van der Waals surface area contributed by atoms with Gasteiger partial charge in [-0.2, -0.15) is 0 Å². The van der Waals surface area contributed by atoms with Crippen molar-refractivity contribution in [3.05, 3.63) is 0 Å². The van der Waals surface area contributed by atoms with Gasteiger partial charge in [-0.05, 0) is 12.8 Å². The molecule has 0 aliphatic carbocycles. The fourth-order valence-corrected chi connectivity index (χ4v) is 5.88. The lowest BCUT2D eigenvalue weighted by Gasteiger charge is -2.20. The molecule has 0 amide bonds. The van der Waals surface area contributed by atoms with Crippen molar-refractivity contribution < 1.29 is 32.8 Å². The zero-order valence-electron chi connectivity index (χ0n) is 28.2. The van der Waals surface area contributed by atoms with Gasteiger partial charge in [0, 0.05) is 19.6 Å². The summed E-state index contributed by atoms with van der Waals surface area (Å²) in [6.07, 6.45) is 29.6. The van der Waals surface area contributed by atoms with Gasteiger partial charge in [-0.25, -0.2) is 4.57 Å². The SMILES string of the molecule is CCCCCCCCCCCCCCCCC(=O)OC(COCCCCCCCCCCCC)COP(=O)(O)OCCN. The first kappa shape index (κ1) is 42.5. The highest BCUT2D eigenvalue weighted by molar-refractivity contribution is 7.47. The molecule has 0 aliphatic heterocycles. The molecule has 0 saturated heterocycles. The summed E-state index contributed by atoms with van der Waals surface area (Å²) in [6.45, 7) is 4.94. The van der Waals surface area contributed by atoms with E-state index in [2.05, 4.69) is 13.8 Å². The molecule has 0 aromatic rings. The number of carbonyl (C=O) groups is 1. The van der Waals surface area contributed by atoms with Gasteiger partial charge >= 0.3 is 13.8 Å². The van der Waals surface area contributed by atoms with Gasteiger partial charge in [0.1, 0.15) is 6.10 Å². The first-order valence-electron chi connectivity index (χ1n) is 18.0. The molecule has 0 bridgehead atoms. The van der Waals surface area contributed by atoms with Crippen LogP contribution in [0.2, 0.25) is 0 Å². The average Bonchev–Trinajstić information content (AvgIpc) is 2.99. The lowest BCUT2D eigenvalue weighted by molar-refractivity contribution is -0.154. The molecule has 8 nitrogen and oxygen atoms in total. The van der Waals surface area contributed by atoms with E-state index in [1.807, 2.05) is 0 Å². The molecule has 9 heteroatoms. The summed E-state index contributed by atoms with van der Waals surface area (Å²) >= 11 is 0. The van der Waals surface area contributed by atoms with Crippen LogP contribution >= 0.6 is 7.82 Å². The summed E-state index contributed by atoms with van der Waals surface area (Å²) in [4.78, 5) is 22.3. The Labute approximate surface area is 265 Å². The van der Waals surface area contributed by atoms with Gasteiger partial charge in [-0.15, -0.1) is 0 Å². The third-order valence-corrected chi connectivity index (χ3v) is 8.76. The normalized spacial score (nSPS) is 13.7. The summed E-state index contributed by atoms with van der Waals surface area (Å²) in [7, 11) is -4.26. The Morgan fingerprint density at radius 1 is 0.605 bits per heavy atom. The molecule has 3 N–H and O–H groups in total. The molecule has 258 valence electrons. The van der Waals surface area contributed by atoms with Crippen LogP contribution in [0.4, 0.5) is 0 Å². The molecule has 0 fully saturated rings. The number of phosphoric acid groups is 1. The second-order valence-electron chi connectivity index (χ2n) is 12.1. The second kappa shape index (κ2) is 32.9. The van der Waals surface area contributed by atoms with Crippen molar-refractivity contribution in [1.82, 2.24) is 0 Å². The zero-order chi connectivity index (χ0) is 31.7. The van der Waals surface area contributed by atoms with E-state index in [0.29, 0.717) is 13.0 Å². The van der Waals surface area contributed by atoms with E-state index in [-0.39, 0.29) is 32.3 Å². The maximum absolute atomic E-state index is 12.5. The van der Waals surface area contributed by atoms with E-state index in [9.17, 15) is 14.3 Å². The minimum atomic E-state index is -4.26. The van der Waals surface area contributed by atoms with E-state index >= 15 is 0 Å². The Hall–Kier alpha value is -0.500. The standard InChI is InChI=1S/C34H70NO7P/c1-3-5-7-9-11-13-15-16-17-18-19-21-23-25-27-34(36)42-33(32-41-43(37,38)40-30-28-35)31-39-29-26-24-22-20-14-12-10-8-6-4-2/h33H,3-32,35H2,1-2H3,(H,37,38). The Balaban J connectivity index is 4.07. The molecule has 2 unspecified atom stereocenters. The quantitative estimate of drug-likeness (QED) is 0.0401. The van der Waals surface area contributed by atoms with Gasteiger partial charge < -0.3 is 20.1 Å². The highest BCUT2D eigenvalue weighted by Crippen LogP contribution is 2.43. The predicted molar refractivity (Wildman–Crippen MR) is 178 cm³/mol. The van der Waals surface area contributed by atoms with E-state index in [1.165, 1.54) is 122 Å². The monoisotopic (exact) mass is 635 g/mol. The maximum atomic E-state index is 12.5. The van der Waals surface area contributed by atoms with Gasteiger partial charge in [0.05, 0.1) is 19.8 Å². The van der Waals surface area contributed by atoms with Crippen LogP contribution in [0.3, 0.4) is 0 Å². The molecule has 0 aliphatic rings. The number of carbonyl (C=O) groups excluding carboxylic acids is 1. The highest BCUT2D eigenvalue weighted by atomic mass is 31.2. The Kier molecular flexibility index (Phi) is 32.5. The number of ether oxygens (including phenoxy) is 2. The summed E-state index contributed by atoms with van der Waals surface area (Å²) in [5.74, 6) is -0.328. The van der Waals surface area contributed by atoms with Crippen molar-refractivity contribution in [2.75, 3.05) is 33.0 Å². The van der Waals surface area contributed by atoms with Gasteiger partial charge in [0.15, 0.2) is 0 Å². The van der Waals surface area contributed by atoms with Crippen LogP contribution in [-0.4, -0.2) is 49.9 Å². The fourth-order valence-electron chi connectivity index (χ4n) is 5.11. The van der Waals surface area contributed by atoms with Crippen LogP contribution in [0.25, 0.3) is 0 Å². The predicted octanol–water partition coefficient (Wildman–Crippen LogP) is 9.80. The van der Waals surface area contributed by atoms with Crippen molar-refractivity contribution in [1.29, 1.82) is 0 Å². The summed E-state index contributed by atoms with van der Waals surface area (Å²) < 4.78 is 33.2. The van der Waals surface area contributed by atoms with Crippen LogP contribution in [0.15, 0.2) is 0 Å². The molecule has 0 saturated carbocycles. The topological polar surface area (TPSA) is 117 Å². The summed E-state index contributed by atoms with van der Waals surface area (Å²) in [5, 5.41) is 0. The molecular weight excluding hydrogens is 565 g/mol. The summed E-state index contributed by atoms with van der Waals surface area (Å²) in [6, 6.07) is 0. The summed E-state index contributed by atoms with van der Waals surface area (Å²) in [5.41, 5.74) is 5.34. The smallest absolute Gasteiger partial charge is 0.457 e. The lowest BCUT2D eigenvalue weighted by atomic mass is 10.0. The number of hydrogen-bond donors (Lipinski definition) is 2. The number of nitrogens with two attached hydrogens (primary N) is 1. The van der Waals surface area contributed by atoms with Crippen LogP contribution in [0.5, 0.6) is 0 Å². The minimum absolute atomic E-state index is 0.0907. The van der Waals surface area contributed by atoms with Crippen LogP contribution in [0, 0.1) is 0 Å². The molecule has 2 atom stereocenters. The molecular formula is C34H70NO7P. The number of rotatable bonds is 35. The fraction of sp³-hybridized carbons (Fsp3) is 0.971. The van der Waals surface area contributed by atoms with E-state index in [4.69, 9.17) is 24.3 Å². The second-order valence-corrected chi connectivity index (χ2v) is 13.6. The van der Waals surface area contributed by atoms with E-state index < -0.39 is 13.9 Å². The first-order valence-corrected chi connectivity index (χ1v) is 19.5. The van der Waals surface area contributed by atoms with Gasteiger partial charge in [0.2, 0.25) is 0 Å². The number of unbranched alkanes of at least 4 members (excludes halogenated alkanes) is 22. The first-order chi connectivity index (χ1) is 20.9. The number of hydrogen-bond acceptors (Lipinski definition) is 7. The molecule has 0 aromatic carbocycles. The van der Waals surface area contributed by atoms with Crippen molar-refractivity contribution in [2.24, 2.45) is 5.73 Å². The Bertz CT molecular complexity index is 638. The third kappa shape index (κ3) is 32.7. The van der Waals surface area contributed by atoms with Crippen molar-refractivity contribution >= 4 is 13.8 Å². The molecule has 0 aromatic heterocycles. The van der Waals surface area contributed by atoms with Gasteiger partial charge in [0.25, 0.3) is 0 Å². The Morgan fingerprint density at radius 3 is 1.47 bits per heavy atom. The minimum Gasteiger partial charge on any atom is -0.457 e. The van der Waals surface area contributed by atoms with Crippen molar-refractivity contribution in [2.45, 2.75) is 180 Å². The van der Waals surface area contributed by atoms with E-state index in [1.54, 1.807) is 0 Å². The largest absolute Gasteiger partial charge is 0.472 e. The van der Waals surface area contributed by atoms with Crippen LogP contribution < -0.4 is 5.73 Å². The number of phosphoric ester groups is 1. The number of esters is 1. The molecule has 0 heterocycles. The molecule has 0 rings (SSSR count). The lowest BCUT2D eigenvalue weighted by Crippen LogP contribution is -2.28. The zero-order valence-corrected chi connectivity index (χ0v) is 29.1. The van der Waals surface area contributed by atoms with Gasteiger partial charge in [-0.3, -0.25) is 13.8 Å². The van der Waals surface area contributed by atoms with E-state index in [0.717, 1.165) is 32.1 Å². The Morgan fingerprint density at radius 2 is 1.02 bits per heavy atom. The van der Waals surface area contributed by atoms with Crippen LogP contribution in [0.1, 0.15) is 174 Å². The van der Waals surface area contributed by atoms with Crippen molar-refractivity contribution in [3.8, 4) is 0 Å². The molecule has 0 radical (unpaired) electrons.